The molecular formula is C28H34F4O3. The van der Waals surface area contributed by atoms with Gasteiger partial charge in [0, 0.05) is 17.7 Å². The fourth-order valence-electron chi connectivity index (χ4n) is 5.41. The third-order valence-electron chi connectivity index (χ3n) is 7.57. The molecule has 2 aliphatic rings. The van der Waals surface area contributed by atoms with Gasteiger partial charge in [-0.2, -0.15) is 0 Å². The van der Waals surface area contributed by atoms with Gasteiger partial charge in [0.2, 0.25) is 0 Å². The van der Waals surface area contributed by atoms with Crippen molar-refractivity contribution in [2.24, 2.45) is 0 Å². The van der Waals surface area contributed by atoms with Crippen molar-refractivity contribution < 1.29 is 32.1 Å². The highest BCUT2D eigenvalue weighted by molar-refractivity contribution is 5.30. The summed E-state index contributed by atoms with van der Waals surface area (Å²) in [5.74, 6) is -3.52. The molecule has 2 aromatic carbocycles. The second kappa shape index (κ2) is 11.8. The van der Waals surface area contributed by atoms with Crippen molar-refractivity contribution in [2.75, 3.05) is 6.61 Å². The van der Waals surface area contributed by atoms with Gasteiger partial charge in [-0.25, -0.2) is 17.6 Å². The molecule has 2 saturated carbocycles. The topological polar surface area (TPSA) is 38.7 Å². The number of aliphatic hydroxyl groups excluding tert-OH is 1. The Morgan fingerprint density at radius 3 is 1.69 bits per heavy atom. The smallest absolute Gasteiger partial charge is 0.164 e. The molecule has 0 amide bonds. The average molecular weight is 495 g/mol. The number of ether oxygens (including phenoxy) is 2. The quantitative estimate of drug-likeness (QED) is 0.400. The third kappa shape index (κ3) is 6.07. The molecule has 35 heavy (non-hydrogen) atoms. The number of halogens is 4. The van der Waals surface area contributed by atoms with Gasteiger partial charge in [-0.3, -0.25) is 0 Å². The van der Waals surface area contributed by atoms with Gasteiger partial charge in [0.25, 0.3) is 0 Å². The zero-order chi connectivity index (χ0) is 24.9. The summed E-state index contributed by atoms with van der Waals surface area (Å²) in [7, 11) is 0. The summed E-state index contributed by atoms with van der Waals surface area (Å²) in [6, 6.07) is 6.46. The Hall–Kier alpha value is -1.96. The SMILES string of the molecule is CCOCc1ccc(C2CCC(OCc3ccc(C4CCC(O)CC4)c(F)c3F)CC2)c(F)c1F. The Bertz CT molecular complexity index is 996. The molecule has 0 atom stereocenters. The Morgan fingerprint density at radius 2 is 1.17 bits per heavy atom. The molecule has 7 heteroatoms. The van der Waals surface area contributed by atoms with Crippen molar-refractivity contribution in [3.8, 4) is 0 Å². The van der Waals surface area contributed by atoms with E-state index in [1.807, 2.05) is 0 Å². The summed E-state index contributed by atoms with van der Waals surface area (Å²) < 4.78 is 69.6. The van der Waals surface area contributed by atoms with E-state index < -0.39 is 23.3 Å². The van der Waals surface area contributed by atoms with E-state index in [1.165, 1.54) is 0 Å². The largest absolute Gasteiger partial charge is 0.393 e. The summed E-state index contributed by atoms with van der Waals surface area (Å²) >= 11 is 0. The zero-order valence-corrected chi connectivity index (χ0v) is 20.2. The van der Waals surface area contributed by atoms with E-state index in [2.05, 4.69) is 0 Å². The van der Waals surface area contributed by atoms with E-state index in [4.69, 9.17) is 9.47 Å². The molecule has 0 aliphatic heterocycles. The zero-order valence-electron chi connectivity index (χ0n) is 20.2. The molecule has 3 nitrogen and oxygen atoms in total. The summed E-state index contributed by atoms with van der Waals surface area (Å²) in [6.45, 7) is 2.24. The summed E-state index contributed by atoms with van der Waals surface area (Å²) in [6.07, 6.45) is 4.56. The predicted molar refractivity (Wildman–Crippen MR) is 125 cm³/mol. The Morgan fingerprint density at radius 1 is 0.686 bits per heavy atom. The maximum Gasteiger partial charge on any atom is 0.164 e. The highest BCUT2D eigenvalue weighted by Gasteiger charge is 2.28. The van der Waals surface area contributed by atoms with Gasteiger partial charge >= 0.3 is 0 Å². The first-order valence-corrected chi connectivity index (χ1v) is 12.7. The lowest BCUT2D eigenvalue weighted by Gasteiger charge is -2.29. The molecule has 0 aromatic heterocycles. The fourth-order valence-corrected chi connectivity index (χ4v) is 5.41. The van der Waals surface area contributed by atoms with Gasteiger partial charge in [0.1, 0.15) is 0 Å². The maximum absolute atomic E-state index is 14.7. The molecule has 2 aliphatic carbocycles. The molecule has 0 unspecified atom stereocenters. The lowest BCUT2D eigenvalue weighted by Crippen LogP contribution is -2.22. The van der Waals surface area contributed by atoms with Crippen LogP contribution in [0.1, 0.15) is 92.4 Å². The van der Waals surface area contributed by atoms with E-state index >= 15 is 0 Å². The van der Waals surface area contributed by atoms with Crippen LogP contribution in [0.4, 0.5) is 17.6 Å². The van der Waals surface area contributed by atoms with Crippen LogP contribution in [0, 0.1) is 23.3 Å². The van der Waals surface area contributed by atoms with Gasteiger partial charge in [-0.1, -0.05) is 24.3 Å². The summed E-state index contributed by atoms with van der Waals surface area (Å²) in [4.78, 5) is 0. The molecule has 192 valence electrons. The lowest BCUT2D eigenvalue weighted by molar-refractivity contribution is 0.0116. The molecule has 0 radical (unpaired) electrons. The van der Waals surface area contributed by atoms with Crippen LogP contribution in [0.15, 0.2) is 24.3 Å². The minimum atomic E-state index is -0.869. The Labute approximate surface area is 204 Å². The highest BCUT2D eigenvalue weighted by atomic mass is 19.2. The van der Waals surface area contributed by atoms with Crippen LogP contribution in [-0.2, 0) is 22.7 Å². The monoisotopic (exact) mass is 494 g/mol. The third-order valence-corrected chi connectivity index (χ3v) is 7.57. The fraction of sp³-hybridized carbons (Fsp3) is 0.571. The van der Waals surface area contributed by atoms with Crippen LogP contribution >= 0.6 is 0 Å². The minimum Gasteiger partial charge on any atom is -0.393 e. The van der Waals surface area contributed by atoms with Crippen LogP contribution < -0.4 is 0 Å². The maximum atomic E-state index is 14.7. The Balaban J connectivity index is 1.31. The van der Waals surface area contributed by atoms with Crippen molar-refractivity contribution in [2.45, 2.75) is 95.5 Å². The summed E-state index contributed by atoms with van der Waals surface area (Å²) in [5, 5.41) is 9.66. The molecule has 2 aromatic rings. The number of rotatable bonds is 8. The van der Waals surface area contributed by atoms with Crippen LogP contribution in [0.25, 0.3) is 0 Å². The Kier molecular flexibility index (Phi) is 8.84. The van der Waals surface area contributed by atoms with Gasteiger partial charge in [0.05, 0.1) is 25.4 Å². The second-order valence-corrected chi connectivity index (χ2v) is 9.81. The van der Waals surface area contributed by atoms with E-state index in [1.54, 1.807) is 31.2 Å². The minimum absolute atomic E-state index is 0.0309. The molecule has 0 spiro atoms. The van der Waals surface area contributed by atoms with E-state index in [0.717, 1.165) is 0 Å². The number of hydrogen-bond donors (Lipinski definition) is 1. The molecule has 2 fully saturated rings. The molecule has 0 saturated heterocycles. The molecule has 1 N–H and O–H groups in total. The van der Waals surface area contributed by atoms with Gasteiger partial charge in [-0.15, -0.1) is 0 Å². The van der Waals surface area contributed by atoms with E-state index in [9.17, 15) is 22.7 Å². The first-order chi connectivity index (χ1) is 16.9. The van der Waals surface area contributed by atoms with Crippen molar-refractivity contribution in [1.29, 1.82) is 0 Å². The predicted octanol–water partition coefficient (Wildman–Crippen LogP) is 7.04. The van der Waals surface area contributed by atoms with Crippen LogP contribution in [-0.4, -0.2) is 23.9 Å². The van der Waals surface area contributed by atoms with E-state index in [-0.39, 0.29) is 48.4 Å². The first kappa shape index (κ1) is 26.1. The lowest BCUT2D eigenvalue weighted by atomic mass is 9.82. The molecule has 0 bridgehead atoms. The number of hydrogen-bond acceptors (Lipinski definition) is 3. The second-order valence-electron chi connectivity index (χ2n) is 9.81. The average Bonchev–Trinajstić information content (AvgIpc) is 2.87. The molecular weight excluding hydrogens is 460 g/mol. The normalized spacial score (nSPS) is 25.1. The van der Waals surface area contributed by atoms with Crippen molar-refractivity contribution >= 4 is 0 Å². The standard InChI is InChI=1S/C28H34F4O3/c1-2-34-15-19-7-13-24(27(31)25(19)29)18-5-11-22(12-6-18)35-16-20-8-14-23(28(32)26(20)30)17-3-9-21(33)10-4-17/h7-8,13-14,17-18,21-22,33H,2-6,9-12,15-16H2,1H3. The first-order valence-electron chi connectivity index (χ1n) is 12.7. The van der Waals surface area contributed by atoms with Crippen LogP contribution in [0.5, 0.6) is 0 Å². The van der Waals surface area contributed by atoms with Crippen molar-refractivity contribution in [1.82, 2.24) is 0 Å². The van der Waals surface area contributed by atoms with Gasteiger partial charge in [0.15, 0.2) is 23.3 Å². The summed E-state index contributed by atoms with van der Waals surface area (Å²) in [5.41, 5.74) is 1.15. The number of benzene rings is 2. The highest BCUT2D eigenvalue weighted by Crippen LogP contribution is 2.38. The van der Waals surface area contributed by atoms with Crippen molar-refractivity contribution in [3.63, 3.8) is 0 Å². The van der Waals surface area contributed by atoms with Crippen LogP contribution in [0.3, 0.4) is 0 Å². The van der Waals surface area contributed by atoms with Gasteiger partial charge in [-0.05, 0) is 81.3 Å². The van der Waals surface area contributed by atoms with Crippen molar-refractivity contribution in [3.05, 3.63) is 69.8 Å². The van der Waals surface area contributed by atoms with Crippen LogP contribution in [0.2, 0.25) is 0 Å². The van der Waals surface area contributed by atoms with Gasteiger partial charge < -0.3 is 14.6 Å². The number of aliphatic hydroxyl groups is 1. The molecule has 4 rings (SSSR count). The van der Waals surface area contributed by atoms with E-state index in [0.29, 0.717) is 69.1 Å². The molecule has 0 heterocycles.